The average molecular weight is 270 g/mol. The predicted molar refractivity (Wildman–Crippen MR) is 73.7 cm³/mol. The van der Waals surface area contributed by atoms with Crippen LogP contribution in [0.15, 0.2) is 0 Å². The zero-order chi connectivity index (χ0) is 14.6. The molecule has 5 heteroatoms. The van der Waals surface area contributed by atoms with Crippen LogP contribution in [0, 0.1) is 0 Å². The van der Waals surface area contributed by atoms with Crippen molar-refractivity contribution in [3.8, 4) is 0 Å². The van der Waals surface area contributed by atoms with Gasteiger partial charge in [-0.2, -0.15) is 0 Å². The monoisotopic (exact) mass is 270 g/mol. The van der Waals surface area contributed by atoms with E-state index in [1.807, 2.05) is 27.7 Å². The highest BCUT2D eigenvalue weighted by atomic mass is 16.5. The van der Waals surface area contributed by atoms with Gasteiger partial charge >= 0.3 is 0 Å². The Morgan fingerprint density at radius 2 is 2.00 bits per heavy atom. The lowest BCUT2D eigenvalue weighted by molar-refractivity contribution is -0.155. The summed E-state index contributed by atoms with van der Waals surface area (Å²) < 4.78 is 5.50. The molecule has 1 saturated heterocycles. The minimum Gasteiger partial charge on any atom is -0.377 e. The quantitative estimate of drug-likeness (QED) is 0.792. The summed E-state index contributed by atoms with van der Waals surface area (Å²) in [6.07, 6.45) is 1.35. The number of amides is 2. The molecule has 1 heterocycles. The third kappa shape index (κ3) is 3.47. The van der Waals surface area contributed by atoms with Crippen molar-refractivity contribution in [2.24, 2.45) is 0 Å². The first-order chi connectivity index (χ1) is 8.85. The first-order valence-corrected chi connectivity index (χ1v) is 7.10. The molecular formula is C14H26N2O3. The number of piperazine rings is 1. The molecule has 0 aromatic rings. The van der Waals surface area contributed by atoms with Gasteiger partial charge in [-0.25, -0.2) is 0 Å². The van der Waals surface area contributed by atoms with Crippen LogP contribution in [-0.4, -0.2) is 47.6 Å². The van der Waals surface area contributed by atoms with Crippen LogP contribution in [0.2, 0.25) is 0 Å². The highest BCUT2D eigenvalue weighted by Crippen LogP contribution is 2.22. The van der Waals surface area contributed by atoms with E-state index in [2.05, 4.69) is 5.32 Å². The molecule has 1 N–H and O–H groups in total. The lowest BCUT2D eigenvalue weighted by atomic mass is 9.91. The second-order valence-electron chi connectivity index (χ2n) is 5.52. The molecule has 1 rings (SSSR count). The summed E-state index contributed by atoms with van der Waals surface area (Å²) in [5.74, 6) is -0.0650. The van der Waals surface area contributed by atoms with Gasteiger partial charge < -0.3 is 15.0 Å². The first-order valence-electron chi connectivity index (χ1n) is 7.10. The van der Waals surface area contributed by atoms with Crippen LogP contribution in [0.1, 0.15) is 47.5 Å². The molecule has 1 fully saturated rings. The fraction of sp³-hybridized carbons (Fsp3) is 0.857. The van der Waals surface area contributed by atoms with Crippen molar-refractivity contribution in [1.29, 1.82) is 0 Å². The second kappa shape index (κ2) is 6.37. The molecule has 0 aromatic heterocycles. The van der Waals surface area contributed by atoms with Crippen LogP contribution in [0.5, 0.6) is 0 Å². The van der Waals surface area contributed by atoms with Gasteiger partial charge in [0.25, 0.3) is 0 Å². The SMILES string of the molecule is CCC1C(=O)NC(C)(CC)C(=O)N1CCOC(C)C. The van der Waals surface area contributed by atoms with Crippen molar-refractivity contribution < 1.29 is 14.3 Å². The first kappa shape index (κ1) is 16.0. The molecule has 110 valence electrons. The van der Waals surface area contributed by atoms with E-state index >= 15 is 0 Å². The van der Waals surface area contributed by atoms with Gasteiger partial charge in [0.2, 0.25) is 11.8 Å². The molecule has 2 amide bonds. The van der Waals surface area contributed by atoms with E-state index in [9.17, 15) is 9.59 Å². The highest BCUT2D eigenvalue weighted by molar-refractivity contribution is 5.99. The highest BCUT2D eigenvalue weighted by Gasteiger charge is 2.45. The number of rotatable bonds is 6. The van der Waals surface area contributed by atoms with Crippen molar-refractivity contribution in [3.63, 3.8) is 0 Å². The molecule has 1 aliphatic heterocycles. The van der Waals surface area contributed by atoms with Gasteiger partial charge in [-0.3, -0.25) is 9.59 Å². The molecule has 0 saturated carbocycles. The molecule has 0 bridgehead atoms. The van der Waals surface area contributed by atoms with Crippen LogP contribution in [-0.2, 0) is 14.3 Å². The fourth-order valence-electron chi connectivity index (χ4n) is 2.30. The Hall–Kier alpha value is -1.10. The van der Waals surface area contributed by atoms with Gasteiger partial charge in [-0.05, 0) is 33.6 Å². The average Bonchev–Trinajstić information content (AvgIpc) is 2.35. The van der Waals surface area contributed by atoms with Crippen molar-refractivity contribution in [2.45, 2.75) is 65.1 Å². The maximum absolute atomic E-state index is 12.5. The van der Waals surface area contributed by atoms with E-state index in [0.717, 1.165) is 0 Å². The molecule has 0 aliphatic carbocycles. The van der Waals surface area contributed by atoms with Gasteiger partial charge in [-0.15, -0.1) is 0 Å². The van der Waals surface area contributed by atoms with Crippen molar-refractivity contribution in [3.05, 3.63) is 0 Å². The number of nitrogens with one attached hydrogen (secondary N) is 1. The Kier molecular flexibility index (Phi) is 5.35. The Morgan fingerprint density at radius 1 is 1.37 bits per heavy atom. The Labute approximate surface area is 115 Å². The minimum atomic E-state index is -0.777. The minimum absolute atomic E-state index is 0.00574. The zero-order valence-corrected chi connectivity index (χ0v) is 12.7. The second-order valence-corrected chi connectivity index (χ2v) is 5.52. The van der Waals surface area contributed by atoms with Gasteiger partial charge in [0.05, 0.1) is 12.7 Å². The van der Waals surface area contributed by atoms with Crippen molar-refractivity contribution >= 4 is 11.8 Å². The molecular weight excluding hydrogens is 244 g/mol. The number of nitrogens with zero attached hydrogens (tertiary/aromatic N) is 1. The molecule has 1 aliphatic rings. The topological polar surface area (TPSA) is 58.6 Å². The van der Waals surface area contributed by atoms with Crippen LogP contribution < -0.4 is 5.32 Å². The summed E-state index contributed by atoms with van der Waals surface area (Å²) in [4.78, 5) is 26.3. The van der Waals surface area contributed by atoms with Gasteiger partial charge in [0.1, 0.15) is 11.6 Å². The molecule has 5 nitrogen and oxygen atoms in total. The molecule has 0 radical (unpaired) electrons. The fourth-order valence-corrected chi connectivity index (χ4v) is 2.30. The van der Waals surface area contributed by atoms with Crippen LogP contribution in [0.3, 0.4) is 0 Å². The smallest absolute Gasteiger partial charge is 0.248 e. The number of carbonyl (C=O) groups is 2. The summed E-state index contributed by atoms with van der Waals surface area (Å²) in [6, 6.07) is -0.372. The van der Waals surface area contributed by atoms with Crippen molar-refractivity contribution in [1.82, 2.24) is 10.2 Å². The lowest BCUT2D eigenvalue weighted by Crippen LogP contribution is -2.69. The van der Waals surface area contributed by atoms with E-state index in [-0.39, 0.29) is 24.0 Å². The molecule has 2 unspecified atom stereocenters. The number of hydrogen-bond acceptors (Lipinski definition) is 3. The Bertz CT molecular complexity index is 344. The summed E-state index contributed by atoms with van der Waals surface area (Å²) in [7, 11) is 0. The maximum atomic E-state index is 12.5. The standard InChI is InChI=1S/C14H26N2O3/c1-6-11-12(17)15-14(5,7-2)13(18)16(11)8-9-19-10(3)4/h10-11H,6-9H2,1-5H3,(H,15,17). The number of hydrogen-bond donors (Lipinski definition) is 1. The van der Waals surface area contributed by atoms with Crippen LogP contribution in [0.4, 0.5) is 0 Å². The van der Waals surface area contributed by atoms with E-state index in [0.29, 0.717) is 26.0 Å². The van der Waals surface area contributed by atoms with E-state index in [1.165, 1.54) is 0 Å². The van der Waals surface area contributed by atoms with E-state index in [4.69, 9.17) is 4.74 Å². The number of ether oxygens (including phenoxy) is 1. The lowest BCUT2D eigenvalue weighted by Gasteiger charge is -2.44. The maximum Gasteiger partial charge on any atom is 0.248 e. The third-order valence-electron chi connectivity index (χ3n) is 3.69. The van der Waals surface area contributed by atoms with Crippen LogP contribution in [0.25, 0.3) is 0 Å². The normalized spacial score (nSPS) is 27.9. The number of carbonyl (C=O) groups excluding carboxylic acids is 2. The molecule has 0 aromatic carbocycles. The molecule has 0 spiro atoms. The summed E-state index contributed by atoms with van der Waals surface area (Å²) in [5, 5.41) is 2.85. The Balaban J connectivity index is 2.81. The van der Waals surface area contributed by atoms with E-state index in [1.54, 1.807) is 11.8 Å². The van der Waals surface area contributed by atoms with E-state index < -0.39 is 5.54 Å². The summed E-state index contributed by atoms with van der Waals surface area (Å²) >= 11 is 0. The largest absolute Gasteiger partial charge is 0.377 e. The molecule has 2 atom stereocenters. The van der Waals surface area contributed by atoms with Gasteiger partial charge in [0, 0.05) is 6.54 Å². The summed E-state index contributed by atoms with van der Waals surface area (Å²) in [6.45, 7) is 10.5. The van der Waals surface area contributed by atoms with Crippen molar-refractivity contribution in [2.75, 3.05) is 13.2 Å². The summed E-state index contributed by atoms with van der Waals surface area (Å²) in [5.41, 5.74) is -0.777. The molecule has 19 heavy (non-hydrogen) atoms. The Morgan fingerprint density at radius 3 is 2.47 bits per heavy atom. The predicted octanol–water partition coefficient (Wildman–Crippen LogP) is 1.32. The van der Waals surface area contributed by atoms with Gasteiger partial charge in [0.15, 0.2) is 0 Å². The zero-order valence-electron chi connectivity index (χ0n) is 12.7. The van der Waals surface area contributed by atoms with Crippen LogP contribution >= 0.6 is 0 Å². The van der Waals surface area contributed by atoms with Gasteiger partial charge in [-0.1, -0.05) is 13.8 Å². The third-order valence-corrected chi connectivity index (χ3v) is 3.69.